The van der Waals surface area contributed by atoms with Crippen molar-refractivity contribution in [3.05, 3.63) is 11.6 Å². The third kappa shape index (κ3) is 2.80. The van der Waals surface area contributed by atoms with Crippen molar-refractivity contribution < 1.29 is 9.47 Å². The predicted octanol–water partition coefficient (Wildman–Crippen LogP) is 1.49. The summed E-state index contributed by atoms with van der Waals surface area (Å²) in [6.45, 7) is 3.60. The van der Waals surface area contributed by atoms with Crippen molar-refractivity contribution >= 4 is 0 Å². The van der Waals surface area contributed by atoms with Gasteiger partial charge >= 0.3 is 0 Å². The van der Waals surface area contributed by atoms with Gasteiger partial charge in [-0.15, -0.1) is 0 Å². The zero-order chi connectivity index (χ0) is 10.6. The second kappa shape index (κ2) is 5.10. The van der Waals surface area contributed by atoms with E-state index in [2.05, 4.69) is 11.4 Å². The highest BCUT2D eigenvalue weighted by Crippen LogP contribution is 2.34. The fraction of sp³-hybridized carbons (Fsp3) is 0.833. The molecular weight excluding hydrogens is 190 g/mol. The summed E-state index contributed by atoms with van der Waals surface area (Å²) < 4.78 is 10.9. The van der Waals surface area contributed by atoms with Crippen LogP contribution in [0.2, 0.25) is 0 Å². The number of methoxy groups -OCH3 is 1. The van der Waals surface area contributed by atoms with Crippen LogP contribution < -0.4 is 5.32 Å². The van der Waals surface area contributed by atoms with Crippen molar-refractivity contribution in [1.29, 1.82) is 0 Å². The van der Waals surface area contributed by atoms with E-state index in [1.54, 1.807) is 0 Å². The van der Waals surface area contributed by atoms with Gasteiger partial charge in [0, 0.05) is 20.2 Å². The Balaban J connectivity index is 1.67. The molecule has 1 saturated carbocycles. The zero-order valence-corrected chi connectivity index (χ0v) is 9.55. The van der Waals surface area contributed by atoms with E-state index in [4.69, 9.17) is 9.47 Å². The Morgan fingerprint density at radius 2 is 2.40 bits per heavy atom. The maximum Gasteiger partial charge on any atom is 0.0802 e. The summed E-state index contributed by atoms with van der Waals surface area (Å²) in [4.78, 5) is 0. The molecule has 1 heterocycles. The normalized spacial score (nSPS) is 24.5. The van der Waals surface area contributed by atoms with Crippen molar-refractivity contribution in [2.24, 2.45) is 0 Å². The van der Waals surface area contributed by atoms with Crippen LogP contribution in [-0.4, -0.2) is 39.0 Å². The van der Waals surface area contributed by atoms with E-state index in [9.17, 15) is 0 Å². The second-order valence-electron chi connectivity index (χ2n) is 4.55. The van der Waals surface area contributed by atoms with E-state index in [1.165, 1.54) is 24.8 Å². The molecule has 0 bridgehead atoms. The highest BCUT2D eigenvalue weighted by Gasteiger charge is 2.36. The van der Waals surface area contributed by atoms with Gasteiger partial charge in [0.05, 0.1) is 18.8 Å². The lowest BCUT2D eigenvalue weighted by molar-refractivity contribution is -0.0689. The molecule has 86 valence electrons. The molecule has 1 fully saturated rings. The first-order chi connectivity index (χ1) is 7.35. The molecule has 1 aliphatic carbocycles. The lowest BCUT2D eigenvalue weighted by Crippen LogP contribution is -2.48. The molecule has 0 amide bonds. The highest BCUT2D eigenvalue weighted by molar-refractivity contribution is 5.07. The average Bonchev–Trinajstić information content (AvgIpc) is 2.24. The first-order valence-electron chi connectivity index (χ1n) is 5.86. The Hall–Kier alpha value is -0.380. The standard InChI is InChI=1S/C12H21NO2/c1-14-12(5-3-6-12)10-13-8-11-4-2-7-15-9-11/h4,13H,2-3,5-10H2,1H3. The first-order valence-corrected chi connectivity index (χ1v) is 5.86. The Morgan fingerprint density at radius 1 is 1.53 bits per heavy atom. The third-order valence-electron chi connectivity index (χ3n) is 3.48. The van der Waals surface area contributed by atoms with Crippen molar-refractivity contribution in [3.8, 4) is 0 Å². The fourth-order valence-electron chi connectivity index (χ4n) is 2.21. The summed E-state index contributed by atoms with van der Waals surface area (Å²) in [7, 11) is 1.82. The van der Waals surface area contributed by atoms with E-state index in [-0.39, 0.29) is 5.60 Å². The smallest absolute Gasteiger partial charge is 0.0802 e. The minimum absolute atomic E-state index is 0.135. The molecule has 1 aliphatic heterocycles. The minimum Gasteiger partial charge on any atom is -0.377 e. The quantitative estimate of drug-likeness (QED) is 0.699. The maximum absolute atomic E-state index is 5.55. The van der Waals surface area contributed by atoms with Gasteiger partial charge < -0.3 is 14.8 Å². The molecule has 3 nitrogen and oxygen atoms in total. The molecule has 15 heavy (non-hydrogen) atoms. The van der Waals surface area contributed by atoms with Gasteiger partial charge in [0.25, 0.3) is 0 Å². The number of rotatable bonds is 5. The Bertz CT molecular complexity index is 228. The van der Waals surface area contributed by atoms with E-state index in [1.807, 2.05) is 7.11 Å². The summed E-state index contributed by atoms with van der Waals surface area (Å²) in [6, 6.07) is 0. The molecule has 2 rings (SSSR count). The van der Waals surface area contributed by atoms with Gasteiger partial charge in [-0.2, -0.15) is 0 Å². The van der Waals surface area contributed by atoms with Crippen LogP contribution in [0.3, 0.4) is 0 Å². The van der Waals surface area contributed by atoms with Crippen LogP contribution in [0, 0.1) is 0 Å². The molecule has 1 N–H and O–H groups in total. The number of ether oxygens (including phenoxy) is 2. The summed E-state index contributed by atoms with van der Waals surface area (Å²) in [5, 5.41) is 3.48. The molecule has 2 aliphatic rings. The first kappa shape index (κ1) is 11.1. The summed E-state index contributed by atoms with van der Waals surface area (Å²) in [5.41, 5.74) is 1.52. The van der Waals surface area contributed by atoms with E-state index < -0.39 is 0 Å². The van der Waals surface area contributed by atoms with Crippen LogP contribution in [0.4, 0.5) is 0 Å². The number of nitrogens with one attached hydrogen (secondary N) is 1. The van der Waals surface area contributed by atoms with Crippen molar-refractivity contribution in [1.82, 2.24) is 5.32 Å². The van der Waals surface area contributed by atoms with Crippen LogP contribution in [0.25, 0.3) is 0 Å². The SMILES string of the molecule is COC1(CNCC2=CCCOC2)CCC1. The van der Waals surface area contributed by atoms with Crippen molar-refractivity contribution in [2.45, 2.75) is 31.3 Å². The monoisotopic (exact) mass is 211 g/mol. The van der Waals surface area contributed by atoms with Crippen LogP contribution in [0.15, 0.2) is 11.6 Å². The zero-order valence-electron chi connectivity index (χ0n) is 9.55. The second-order valence-corrected chi connectivity index (χ2v) is 4.55. The molecule has 0 saturated heterocycles. The highest BCUT2D eigenvalue weighted by atomic mass is 16.5. The van der Waals surface area contributed by atoms with Gasteiger partial charge in [0.2, 0.25) is 0 Å². The minimum atomic E-state index is 0.135. The molecule has 0 unspecified atom stereocenters. The summed E-state index contributed by atoms with van der Waals surface area (Å²) >= 11 is 0. The summed E-state index contributed by atoms with van der Waals surface area (Å²) in [5.74, 6) is 0. The van der Waals surface area contributed by atoms with Gasteiger partial charge in [0.15, 0.2) is 0 Å². The van der Waals surface area contributed by atoms with Gasteiger partial charge in [-0.05, 0) is 31.3 Å². The van der Waals surface area contributed by atoms with Gasteiger partial charge in [-0.25, -0.2) is 0 Å². The number of hydrogen-bond donors (Lipinski definition) is 1. The molecule has 0 spiro atoms. The molecular formula is C12H21NO2. The molecule has 0 aromatic heterocycles. The van der Waals surface area contributed by atoms with Crippen LogP contribution in [0.1, 0.15) is 25.7 Å². The Kier molecular flexibility index (Phi) is 3.78. The lowest BCUT2D eigenvalue weighted by Gasteiger charge is -2.40. The van der Waals surface area contributed by atoms with E-state index in [0.717, 1.165) is 32.7 Å². The summed E-state index contributed by atoms with van der Waals surface area (Å²) in [6.07, 6.45) is 7.06. The van der Waals surface area contributed by atoms with E-state index >= 15 is 0 Å². The largest absolute Gasteiger partial charge is 0.377 e. The predicted molar refractivity (Wildman–Crippen MR) is 60.0 cm³/mol. The molecule has 0 radical (unpaired) electrons. The molecule has 3 heteroatoms. The number of hydrogen-bond acceptors (Lipinski definition) is 3. The fourth-order valence-corrected chi connectivity index (χ4v) is 2.21. The van der Waals surface area contributed by atoms with E-state index in [0.29, 0.717) is 0 Å². The van der Waals surface area contributed by atoms with Crippen LogP contribution in [-0.2, 0) is 9.47 Å². The van der Waals surface area contributed by atoms with Crippen LogP contribution >= 0.6 is 0 Å². The molecule has 0 aromatic rings. The maximum atomic E-state index is 5.55. The molecule has 0 atom stereocenters. The molecule has 0 aromatic carbocycles. The van der Waals surface area contributed by atoms with Gasteiger partial charge in [0.1, 0.15) is 0 Å². The van der Waals surface area contributed by atoms with Crippen molar-refractivity contribution in [2.75, 3.05) is 33.4 Å². The van der Waals surface area contributed by atoms with Gasteiger partial charge in [-0.1, -0.05) is 6.08 Å². The lowest BCUT2D eigenvalue weighted by atomic mass is 9.80. The third-order valence-corrected chi connectivity index (χ3v) is 3.48. The van der Waals surface area contributed by atoms with Crippen LogP contribution in [0.5, 0.6) is 0 Å². The average molecular weight is 211 g/mol. The Morgan fingerprint density at radius 3 is 2.93 bits per heavy atom. The topological polar surface area (TPSA) is 30.5 Å². The Labute approximate surface area is 91.8 Å². The van der Waals surface area contributed by atoms with Crippen molar-refractivity contribution in [3.63, 3.8) is 0 Å². The van der Waals surface area contributed by atoms with Gasteiger partial charge in [-0.3, -0.25) is 0 Å².